The zero-order valence-electron chi connectivity index (χ0n) is 14.1. The molecule has 1 aliphatic rings. The van der Waals surface area contributed by atoms with Crippen molar-refractivity contribution in [2.75, 3.05) is 19.4 Å². The summed E-state index contributed by atoms with van der Waals surface area (Å²) >= 11 is 0. The quantitative estimate of drug-likeness (QED) is 0.891. The predicted octanol–water partition coefficient (Wildman–Crippen LogP) is 2.67. The number of nitrogens with one attached hydrogen (secondary N) is 1. The SMILES string of the molecule is CS(=O)(=O)c1ccc(-c2cccc(C(=O)NCC3CCCO3)c2)cc1. The van der Waals surface area contributed by atoms with Gasteiger partial charge < -0.3 is 10.1 Å². The third kappa shape index (κ3) is 4.46. The highest BCUT2D eigenvalue weighted by atomic mass is 32.2. The lowest BCUT2D eigenvalue weighted by molar-refractivity contribution is 0.0858. The van der Waals surface area contributed by atoms with E-state index in [1.54, 1.807) is 36.4 Å². The molecule has 0 aliphatic carbocycles. The lowest BCUT2D eigenvalue weighted by Gasteiger charge is -2.11. The van der Waals surface area contributed by atoms with E-state index in [1.807, 2.05) is 12.1 Å². The maximum atomic E-state index is 12.3. The largest absolute Gasteiger partial charge is 0.376 e. The number of rotatable bonds is 5. The Labute approximate surface area is 147 Å². The molecule has 2 aromatic carbocycles. The van der Waals surface area contributed by atoms with Gasteiger partial charge in [0.2, 0.25) is 0 Å². The first-order chi connectivity index (χ1) is 11.9. The van der Waals surface area contributed by atoms with Crippen LogP contribution in [0, 0.1) is 0 Å². The van der Waals surface area contributed by atoms with E-state index >= 15 is 0 Å². The van der Waals surface area contributed by atoms with Crippen LogP contribution in [0.5, 0.6) is 0 Å². The van der Waals surface area contributed by atoms with Gasteiger partial charge in [-0.1, -0.05) is 24.3 Å². The molecule has 25 heavy (non-hydrogen) atoms. The van der Waals surface area contributed by atoms with Gasteiger partial charge in [-0.25, -0.2) is 8.42 Å². The van der Waals surface area contributed by atoms with E-state index in [9.17, 15) is 13.2 Å². The number of hydrogen-bond donors (Lipinski definition) is 1. The van der Waals surface area contributed by atoms with Crippen LogP contribution in [0.3, 0.4) is 0 Å². The molecule has 2 aromatic rings. The Morgan fingerprint density at radius 1 is 1.16 bits per heavy atom. The molecule has 1 aliphatic heterocycles. The van der Waals surface area contributed by atoms with Crippen LogP contribution in [-0.4, -0.2) is 39.8 Å². The number of hydrogen-bond acceptors (Lipinski definition) is 4. The molecule has 6 heteroatoms. The maximum Gasteiger partial charge on any atom is 0.251 e. The smallest absolute Gasteiger partial charge is 0.251 e. The first kappa shape index (κ1) is 17.6. The summed E-state index contributed by atoms with van der Waals surface area (Å²) in [4.78, 5) is 12.6. The Morgan fingerprint density at radius 2 is 1.92 bits per heavy atom. The highest BCUT2D eigenvalue weighted by Gasteiger charge is 2.17. The molecule has 0 spiro atoms. The Kier molecular flexibility index (Phi) is 5.20. The number of carbonyl (C=O) groups is 1. The average Bonchev–Trinajstić information content (AvgIpc) is 3.13. The average molecular weight is 359 g/mol. The van der Waals surface area contributed by atoms with Gasteiger partial charge in [-0.2, -0.15) is 0 Å². The monoisotopic (exact) mass is 359 g/mol. The summed E-state index contributed by atoms with van der Waals surface area (Å²) < 4.78 is 28.6. The molecule has 1 heterocycles. The van der Waals surface area contributed by atoms with Crippen LogP contribution in [-0.2, 0) is 14.6 Å². The van der Waals surface area contributed by atoms with Crippen LogP contribution in [0.2, 0.25) is 0 Å². The van der Waals surface area contributed by atoms with Crippen molar-refractivity contribution in [1.29, 1.82) is 0 Å². The Bertz CT molecular complexity index is 853. The molecule has 0 bridgehead atoms. The maximum absolute atomic E-state index is 12.3. The van der Waals surface area contributed by atoms with Gasteiger partial charge in [-0.05, 0) is 48.2 Å². The molecule has 3 rings (SSSR count). The van der Waals surface area contributed by atoms with Gasteiger partial charge in [0.25, 0.3) is 5.91 Å². The second kappa shape index (κ2) is 7.37. The molecule has 1 unspecified atom stereocenters. The van der Waals surface area contributed by atoms with Gasteiger partial charge in [0.05, 0.1) is 11.0 Å². The summed E-state index contributed by atoms with van der Waals surface area (Å²) in [7, 11) is -3.21. The van der Waals surface area contributed by atoms with Crippen molar-refractivity contribution in [3.8, 4) is 11.1 Å². The first-order valence-electron chi connectivity index (χ1n) is 8.24. The minimum atomic E-state index is -3.21. The molecule has 1 N–H and O–H groups in total. The predicted molar refractivity (Wildman–Crippen MR) is 96.3 cm³/mol. The van der Waals surface area contributed by atoms with Crippen molar-refractivity contribution in [2.24, 2.45) is 0 Å². The fourth-order valence-electron chi connectivity index (χ4n) is 2.85. The third-order valence-corrected chi connectivity index (χ3v) is 5.38. The molecule has 5 nitrogen and oxygen atoms in total. The Balaban J connectivity index is 1.73. The normalized spacial score (nSPS) is 17.4. The van der Waals surface area contributed by atoms with Gasteiger partial charge >= 0.3 is 0 Å². The topological polar surface area (TPSA) is 72.5 Å². The summed E-state index contributed by atoms with van der Waals surface area (Å²) in [6, 6.07) is 13.9. The van der Waals surface area contributed by atoms with Gasteiger partial charge in [-0.3, -0.25) is 4.79 Å². The van der Waals surface area contributed by atoms with Gasteiger partial charge in [0, 0.05) is 25.0 Å². The molecule has 0 saturated carbocycles. The van der Waals surface area contributed by atoms with Crippen molar-refractivity contribution in [3.05, 3.63) is 54.1 Å². The van der Waals surface area contributed by atoms with Crippen molar-refractivity contribution < 1.29 is 17.9 Å². The fourth-order valence-corrected chi connectivity index (χ4v) is 3.48. The van der Waals surface area contributed by atoms with Crippen molar-refractivity contribution >= 4 is 15.7 Å². The van der Waals surface area contributed by atoms with E-state index in [2.05, 4.69) is 5.32 Å². The highest BCUT2D eigenvalue weighted by molar-refractivity contribution is 7.90. The van der Waals surface area contributed by atoms with E-state index in [0.717, 1.165) is 30.6 Å². The van der Waals surface area contributed by atoms with Crippen molar-refractivity contribution in [1.82, 2.24) is 5.32 Å². The van der Waals surface area contributed by atoms with E-state index in [-0.39, 0.29) is 16.9 Å². The Hall–Kier alpha value is -2.18. The number of ether oxygens (including phenoxy) is 1. The number of sulfone groups is 1. The zero-order chi connectivity index (χ0) is 17.9. The van der Waals surface area contributed by atoms with Gasteiger partial charge in [0.1, 0.15) is 0 Å². The first-order valence-corrected chi connectivity index (χ1v) is 10.1. The van der Waals surface area contributed by atoms with Gasteiger partial charge in [0.15, 0.2) is 9.84 Å². The molecule has 0 radical (unpaired) electrons. The lowest BCUT2D eigenvalue weighted by atomic mass is 10.0. The summed E-state index contributed by atoms with van der Waals surface area (Å²) in [6.07, 6.45) is 3.31. The zero-order valence-corrected chi connectivity index (χ0v) is 14.9. The molecular weight excluding hydrogens is 338 g/mol. The number of carbonyl (C=O) groups excluding carboxylic acids is 1. The summed E-state index contributed by atoms with van der Waals surface area (Å²) in [5.74, 6) is -0.134. The second-order valence-electron chi connectivity index (χ2n) is 6.22. The molecule has 1 amide bonds. The molecule has 132 valence electrons. The molecule has 1 saturated heterocycles. The van der Waals surface area contributed by atoms with Gasteiger partial charge in [-0.15, -0.1) is 0 Å². The van der Waals surface area contributed by atoms with Crippen LogP contribution >= 0.6 is 0 Å². The summed E-state index contributed by atoms with van der Waals surface area (Å²) in [5, 5.41) is 2.91. The van der Waals surface area contributed by atoms with Crippen LogP contribution in [0.1, 0.15) is 23.2 Å². The van der Waals surface area contributed by atoms with Crippen LogP contribution in [0.15, 0.2) is 53.4 Å². The van der Waals surface area contributed by atoms with E-state index < -0.39 is 9.84 Å². The van der Waals surface area contributed by atoms with E-state index in [0.29, 0.717) is 12.1 Å². The highest BCUT2D eigenvalue weighted by Crippen LogP contribution is 2.22. The van der Waals surface area contributed by atoms with Crippen LogP contribution in [0.4, 0.5) is 0 Å². The Morgan fingerprint density at radius 3 is 2.56 bits per heavy atom. The summed E-state index contributed by atoms with van der Waals surface area (Å²) in [6.45, 7) is 1.28. The summed E-state index contributed by atoms with van der Waals surface area (Å²) in [5.41, 5.74) is 2.30. The standard InChI is InChI=1S/C19H21NO4S/c1-25(22,23)18-9-7-14(8-10-18)15-4-2-5-16(12-15)19(21)20-13-17-6-3-11-24-17/h2,4-5,7-10,12,17H,3,6,11,13H2,1H3,(H,20,21). The van der Waals surface area contributed by atoms with Crippen molar-refractivity contribution in [3.63, 3.8) is 0 Å². The fraction of sp³-hybridized carbons (Fsp3) is 0.316. The minimum Gasteiger partial charge on any atom is -0.376 e. The van der Waals surface area contributed by atoms with Crippen molar-refractivity contribution in [2.45, 2.75) is 23.8 Å². The van der Waals surface area contributed by atoms with Crippen LogP contribution < -0.4 is 5.32 Å². The lowest BCUT2D eigenvalue weighted by Crippen LogP contribution is -2.31. The third-order valence-electron chi connectivity index (χ3n) is 4.25. The number of benzene rings is 2. The van der Waals surface area contributed by atoms with E-state index in [4.69, 9.17) is 4.74 Å². The second-order valence-corrected chi connectivity index (χ2v) is 8.24. The van der Waals surface area contributed by atoms with Crippen LogP contribution in [0.25, 0.3) is 11.1 Å². The molecule has 1 fully saturated rings. The van der Waals surface area contributed by atoms with E-state index in [1.165, 1.54) is 6.26 Å². The molecule has 1 atom stereocenters. The minimum absolute atomic E-state index is 0.107. The number of amides is 1. The molecular formula is C19H21NO4S. The molecule has 0 aromatic heterocycles.